The van der Waals surface area contributed by atoms with Gasteiger partial charge in [-0.25, -0.2) is 0 Å². The van der Waals surface area contributed by atoms with Gasteiger partial charge in [0.15, 0.2) is 0 Å². The van der Waals surface area contributed by atoms with Crippen molar-refractivity contribution in [1.29, 1.82) is 5.26 Å². The number of furan rings is 1. The molecule has 0 saturated heterocycles. The van der Waals surface area contributed by atoms with E-state index in [0.717, 1.165) is 0 Å². The van der Waals surface area contributed by atoms with E-state index in [1.54, 1.807) is 19.1 Å². The van der Waals surface area contributed by atoms with Crippen LogP contribution in [0, 0.1) is 18.3 Å². The maximum Gasteiger partial charge on any atom is 0.251 e. The molecule has 0 amide bonds. The topological polar surface area (TPSA) is 90.0 Å². The van der Waals surface area contributed by atoms with Gasteiger partial charge in [-0.2, -0.15) is 5.26 Å². The van der Waals surface area contributed by atoms with Crippen molar-refractivity contribution < 1.29 is 9.52 Å². The average Bonchev–Trinajstić information content (AvgIpc) is 2.63. The summed E-state index contributed by atoms with van der Waals surface area (Å²) in [6.45, 7) is 1.75. The lowest BCUT2D eigenvalue weighted by molar-refractivity contribution is 0.449. The number of rotatable bonds is 1. The fourth-order valence-electron chi connectivity index (χ4n) is 1.43. The summed E-state index contributed by atoms with van der Waals surface area (Å²) in [5.41, 5.74) is -0.202. The Labute approximate surface area is 90.6 Å². The fraction of sp³-hybridized carbons (Fsp3) is 0.0909. The zero-order valence-electron chi connectivity index (χ0n) is 8.44. The number of aryl methyl sites for hydroxylation is 1. The Morgan fingerprint density at radius 2 is 2.25 bits per heavy atom. The Bertz CT molecular complexity index is 631. The number of aromatic amines is 1. The summed E-state index contributed by atoms with van der Waals surface area (Å²) < 4.78 is 5.31. The second kappa shape index (κ2) is 3.59. The van der Waals surface area contributed by atoms with E-state index in [4.69, 9.17) is 9.68 Å². The van der Waals surface area contributed by atoms with Crippen LogP contribution in [0.2, 0.25) is 0 Å². The first kappa shape index (κ1) is 10.1. The Hall–Kier alpha value is -2.48. The lowest BCUT2D eigenvalue weighted by atomic mass is 10.1. The molecule has 0 aliphatic rings. The molecule has 0 saturated carbocycles. The van der Waals surface area contributed by atoms with Crippen molar-refractivity contribution in [3.05, 3.63) is 39.9 Å². The summed E-state index contributed by atoms with van der Waals surface area (Å²) >= 11 is 0. The molecule has 0 aromatic carbocycles. The summed E-state index contributed by atoms with van der Waals surface area (Å²) in [5.74, 6) is 0.605. The highest BCUT2D eigenvalue weighted by Gasteiger charge is 2.14. The van der Waals surface area contributed by atoms with Crippen molar-refractivity contribution in [3.63, 3.8) is 0 Å². The molecule has 2 aromatic rings. The molecule has 0 fully saturated rings. The number of H-pyrrole nitrogens is 1. The molecule has 0 aliphatic carbocycles. The molecule has 0 spiro atoms. The molecule has 80 valence electrons. The molecule has 2 heterocycles. The number of pyridine rings is 1. The van der Waals surface area contributed by atoms with Crippen molar-refractivity contribution in [3.8, 4) is 23.3 Å². The minimum atomic E-state index is -0.486. The summed E-state index contributed by atoms with van der Waals surface area (Å²) in [7, 11) is 0. The van der Waals surface area contributed by atoms with Gasteiger partial charge in [-0.15, -0.1) is 0 Å². The molecule has 2 rings (SSSR count). The number of nitriles is 1. The molecule has 2 aromatic heterocycles. The number of aromatic hydroxyl groups is 1. The quantitative estimate of drug-likeness (QED) is 0.756. The van der Waals surface area contributed by atoms with E-state index in [1.807, 2.05) is 6.07 Å². The molecule has 5 heteroatoms. The van der Waals surface area contributed by atoms with Crippen LogP contribution in [0.1, 0.15) is 11.3 Å². The normalized spacial score (nSPS) is 10.0. The average molecular weight is 216 g/mol. The third-order valence-corrected chi connectivity index (χ3v) is 2.14. The van der Waals surface area contributed by atoms with Crippen molar-refractivity contribution in [2.45, 2.75) is 6.92 Å². The minimum Gasteiger partial charge on any atom is -0.494 e. The number of nitrogens with one attached hydrogen (secondary N) is 1. The number of hydrogen-bond acceptors (Lipinski definition) is 4. The third kappa shape index (κ3) is 1.57. The zero-order chi connectivity index (χ0) is 11.7. The van der Waals surface area contributed by atoms with Gasteiger partial charge in [-0.3, -0.25) is 9.78 Å². The lowest BCUT2D eigenvalue weighted by Crippen LogP contribution is -2.05. The van der Waals surface area contributed by atoms with Crippen molar-refractivity contribution in [1.82, 2.24) is 4.98 Å². The summed E-state index contributed by atoms with van der Waals surface area (Å²) in [6.07, 6.45) is 0. The van der Waals surface area contributed by atoms with Gasteiger partial charge in [0, 0.05) is 11.6 Å². The van der Waals surface area contributed by atoms with Crippen LogP contribution in [0.5, 0.6) is 5.88 Å². The second-order valence-corrected chi connectivity index (χ2v) is 3.29. The van der Waals surface area contributed by atoms with Crippen LogP contribution in [0.4, 0.5) is 0 Å². The fourth-order valence-corrected chi connectivity index (χ4v) is 1.43. The first-order valence-corrected chi connectivity index (χ1v) is 4.55. The van der Waals surface area contributed by atoms with E-state index in [2.05, 4.69) is 4.98 Å². The highest BCUT2D eigenvalue weighted by Crippen LogP contribution is 2.27. The van der Waals surface area contributed by atoms with Crippen LogP contribution >= 0.6 is 0 Å². The molecule has 0 unspecified atom stereocenters. The van der Waals surface area contributed by atoms with E-state index in [-0.39, 0.29) is 11.1 Å². The van der Waals surface area contributed by atoms with Crippen LogP contribution in [0.15, 0.2) is 27.4 Å². The highest BCUT2D eigenvalue weighted by molar-refractivity contribution is 5.68. The number of hydrogen-bond donors (Lipinski definition) is 2. The Balaban J connectivity index is 2.74. The molecule has 0 aliphatic heterocycles. The minimum absolute atomic E-state index is 0.00560. The van der Waals surface area contributed by atoms with E-state index in [1.165, 1.54) is 6.07 Å². The molecular weight excluding hydrogens is 208 g/mol. The predicted molar refractivity (Wildman–Crippen MR) is 55.9 cm³/mol. The molecule has 0 radical (unpaired) electrons. The standard InChI is InChI=1S/C11H8N2O3/c1-6-2-3-9(16-6)7-4-10(14)13-11(15)8(7)5-12/h2-4H,1H3,(H2,13,14,15). The Kier molecular flexibility index (Phi) is 2.25. The monoisotopic (exact) mass is 216 g/mol. The van der Waals surface area contributed by atoms with Crippen molar-refractivity contribution in [2.24, 2.45) is 0 Å². The van der Waals surface area contributed by atoms with Crippen LogP contribution in [-0.4, -0.2) is 10.1 Å². The van der Waals surface area contributed by atoms with E-state index in [9.17, 15) is 9.90 Å². The smallest absolute Gasteiger partial charge is 0.251 e. The largest absolute Gasteiger partial charge is 0.494 e. The predicted octanol–water partition coefficient (Wildman–Crippen LogP) is 1.52. The van der Waals surface area contributed by atoms with Crippen molar-refractivity contribution >= 4 is 0 Å². The second-order valence-electron chi connectivity index (χ2n) is 3.29. The molecule has 0 atom stereocenters. The van der Waals surface area contributed by atoms with Gasteiger partial charge in [0.2, 0.25) is 5.88 Å². The highest BCUT2D eigenvalue weighted by atomic mass is 16.3. The lowest BCUT2D eigenvalue weighted by Gasteiger charge is -2.01. The van der Waals surface area contributed by atoms with Gasteiger partial charge in [0.05, 0.1) is 0 Å². The Morgan fingerprint density at radius 1 is 1.50 bits per heavy atom. The zero-order valence-corrected chi connectivity index (χ0v) is 8.44. The summed E-state index contributed by atoms with van der Waals surface area (Å²) in [5, 5.41) is 18.3. The number of aromatic nitrogens is 1. The van der Waals surface area contributed by atoms with E-state index in [0.29, 0.717) is 11.5 Å². The van der Waals surface area contributed by atoms with Gasteiger partial charge in [-0.1, -0.05) is 0 Å². The maximum atomic E-state index is 11.2. The first-order chi connectivity index (χ1) is 7.61. The Morgan fingerprint density at radius 3 is 2.81 bits per heavy atom. The van der Waals surface area contributed by atoms with Crippen LogP contribution in [0.25, 0.3) is 11.3 Å². The molecule has 2 N–H and O–H groups in total. The van der Waals surface area contributed by atoms with Crippen LogP contribution in [0.3, 0.4) is 0 Å². The van der Waals surface area contributed by atoms with Gasteiger partial charge in [-0.05, 0) is 19.1 Å². The van der Waals surface area contributed by atoms with E-state index >= 15 is 0 Å². The van der Waals surface area contributed by atoms with Gasteiger partial charge in [0.25, 0.3) is 5.56 Å². The summed E-state index contributed by atoms with van der Waals surface area (Å²) in [6, 6.07) is 6.40. The first-order valence-electron chi connectivity index (χ1n) is 4.55. The number of nitrogens with zero attached hydrogens (tertiary/aromatic N) is 1. The van der Waals surface area contributed by atoms with Gasteiger partial charge < -0.3 is 9.52 Å². The SMILES string of the molecule is Cc1ccc(-c2cc(=O)[nH]c(O)c2C#N)o1. The van der Waals surface area contributed by atoms with Gasteiger partial charge >= 0.3 is 0 Å². The van der Waals surface area contributed by atoms with E-state index < -0.39 is 11.4 Å². The van der Waals surface area contributed by atoms with Crippen molar-refractivity contribution in [2.75, 3.05) is 0 Å². The van der Waals surface area contributed by atoms with Gasteiger partial charge in [0.1, 0.15) is 23.2 Å². The third-order valence-electron chi connectivity index (χ3n) is 2.14. The molecule has 5 nitrogen and oxygen atoms in total. The molecular formula is C11H8N2O3. The maximum absolute atomic E-state index is 11.2. The molecule has 0 bridgehead atoms. The molecule has 16 heavy (non-hydrogen) atoms. The van der Waals surface area contributed by atoms with Crippen LogP contribution < -0.4 is 5.56 Å². The van der Waals surface area contributed by atoms with Crippen LogP contribution in [-0.2, 0) is 0 Å². The summed E-state index contributed by atoms with van der Waals surface area (Å²) in [4.78, 5) is 13.3.